The Morgan fingerprint density at radius 3 is 2.87 bits per heavy atom. The molecule has 0 bridgehead atoms. The van der Waals surface area contributed by atoms with Gasteiger partial charge < -0.3 is 10.6 Å². The molecule has 0 aliphatic heterocycles. The van der Waals surface area contributed by atoms with Crippen molar-refractivity contribution in [3.63, 3.8) is 0 Å². The molecule has 0 unspecified atom stereocenters. The number of hydrogen-bond donors (Lipinski definition) is 2. The van der Waals surface area contributed by atoms with Crippen molar-refractivity contribution in [2.45, 2.75) is 19.9 Å². The van der Waals surface area contributed by atoms with Crippen LogP contribution < -0.4 is 10.6 Å². The highest BCUT2D eigenvalue weighted by Gasteiger charge is 2.05. The molecule has 0 fully saturated rings. The Kier molecular flexibility index (Phi) is 5.10. The minimum absolute atomic E-state index is 0.574. The first-order chi connectivity index (χ1) is 11.2. The van der Waals surface area contributed by atoms with Crippen LogP contribution in [-0.2, 0) is 13.0 Å². The maximum atomic E-state index is 6.14. The number of rotatable bonds is 4. The molecule has 118 valence electrons. The Balaban J connectivity index is 1.64. The van der Waals surface area contributed by atoms with Crippen molar-refractivity contribution in [1.82, 2.24) is 10.3 Å². The summed E-state index contributed by atoms with van der Waals surface area (Å²) in [4.78, 5) is 4.56. The standard InChI is InChI=1S/C17H16ClN3S2/c1-2-16-21-14-8-7-12(9-15(14)23-16)20-17(22)19-10-11-5-3-4-6-13(11)18/h3-9H,2,10H2,1H3,(H2,19,20,22). The first kappa shape index (κ1) is 16.2. The average molecular weight is 362 g/mol. The molecule has 23 heavy (non-hydrogen) atoms. The lowest BCUT2D eigenvalue weighted by atomic mass is 10.2. The van der Waals surface area contributed by atoms with E-state index in [1.165, 1.54) is 4.70 Å². The molecule has 0 aliphatic carbocycles. The number of thiazole rings is 1. The smallest absolute Gasteiger partial charge is 0.171 e. The number of benzene rings is 2. The molecule has 2 aromatic carbocycles. The third-order valence-corrected chi connectivity index (χ3v) is 5.17. The first-order valence-electron chi connectivity index (χ1n) is 7.33. The van der Waals surface area contributed by atoms with Gasteiger partial charge in [0.1, 0.15) is 0 Å². The fourth-order valence-electron chi connectivity index (χ4n) is 2.19. The van der Waals surface area contributed by atoms with E-state index in [9.17, 15) is 0 Å². The predicted molar refractivity (Wildman–Crippen MR) is 104 cm³/mol. The van der Waals surface area contributed by atoms with E-state index in [1.807, 2.05) is 36.4 Å². The van der Waals surface area contributed by atoms with Crippen LogP contribution in [0.25, 0.3) is 10.2 Å². The topological polar surface area (TPSA) is 37.0 Å². The molecule has 3 rings (SSSR count). The van der Waals surface area contributed by atoms with Crippen molar-refractivity contribution < 1.29 is 0 Å². The lowest BCUT2D eigenvalue weighted by molar-refractivity contribution is 0.926. The molecule has 6 heteroatoms. The van der Waals surface area contributed by atoms with Gasteiger partial charge >= 0.3 is 0 Å². The van der Waals surface area contributed by atoms with Gasteiger partial charge in [-0.25, -0.2) is 4.98 Å². The molecule has 0 radical (unpaired) electrons. The Hall–Kier alpha value is -1.69. The Bertz CT molecular complexity index is 845. The van der Waals surface area contributed by atoms with E-state index in [2.05, 4.69) is 28.6 Å². The number of fused-ring (bicyclic) bond motifs is 1. The maximum Gasteiger partial charge on any atom is 0.171 e. The summed E-state index contributed by atoms with van der Waals surface area (Å²) in [6.45, 7) is 2.71. The second-order valence-corrected chi connectivity index (χ2v) is 6.97. The van der Waals surface area contributed by atoms with Gasteiger partial charge in [-0.2, -0.15) is 0 Å². The van der Waals surface area contributed by atoms with Gasteiger partial charge in [0.2, 0.25) is 0 Å². The van der Waals surface area contributed by atoms with Crippen molar-refractivity contribution in [1.29, 1.82) is 0 Å². The summed E-state index contributed by atoms with van der Waals surface area (Å²) in [5.41, 5.74) is 3.01. The SMILES string of the molecule is CCc1nc2ccc(NC(=S)NCc3ccccc3Cl)cc2s1. The third-order valence-electron chi connectivity index (χ3n) is 3.39. The molecular weight excluding hydrogens is 346 g/mol. The Labute approximate surface area is 149 Å². The van der Waals surface area contributed by atoms with Crippen LogP contribution in [0.1, 0.15) is 17.5 Å². The van der Waals surface area contributed by atoms with Crippen LogP contribution >= 0.6 is 35.2 Å². The van der Waals surface area contributed by atoms with Gasteiger partial charge in [-0.15, -0.1) is 11.3 Å². The molecule has 3 aromatic rings. The van der Waals surface area contributed by atoms with Crippen LogP contribution in [0.5, 0.6) is 0 Å². The van der Waals surface area contributed by atoms with E-state index in [0.29, 0.717) is 11.7 Å². The largest absolute Gasteiger partial charge is 0.358 e. The highest BCUT2D eigenvalue weighted by molar-refractivity contribution is 7.80. The molecule has 1 heterocycles. The van der Waals surface area contributed by atoms with Crippen molar-refractivity contribution in [3.8, 4) is 0 Å². The van der Waals surface area contributed by atoms with Crippen LogP contribution in [0.15, 0.2) is 42.5 Å². The summed E-state index contributed by atoms with van der Waals surface area (Å²) in [5.74, 6) is 0. The van der Waals surface area contributed by atoms with Crippen LogP contribution in [0, 0.1) is 0 Å². The number of thiocarbonyl (C=S) groups is 1. The van der Waals surface area contributed by atoms with Crippen molar-refractivity contribution >= 4 is 56.2 Å². The number of anilines is 1. The fourth-order valence-corrected chi connectivity index (χ4v) is 3.53. The molecule has 0 atom stereocenters. The molecule has 1 aromatic heterocycles. The normalized spacial score (nSPS) is 10.7. The zero-order chi connectivity index (χ0) is 16.2. The van der Waals surface area contributed by atoms with Crippen LogP contribution in [0.3, 0.4) is 0 Å². The second-order valence-electron chi connectivity index (χ2n) is 5.04. The zero-order valence-corrected chi connectivity index (χ0v) is 15.0. The zero-order valence-electron chi connectivity index (χ0n) is 12.6. The summed E-state index contributed by atoms with van der Waals surface area (Å²) < 4.78 is 1.17. The molecule has 0 saturated carbocycles. The molecule has 0 amide bonds. The van der Waals surface area contributed by atoms with Gasteiger partial charge in [0, 0.05) is 17.3 Å². The van der Waals surface area contributed by atoms with Crippen molar-refractivity contribution in [2.75, 3.05) is 5.32 Å². The minimum Gasteiger partial charge on any atom is -0.358 e. The number of aryl methyl sites for hydroxylation is 1. The molecule has 3 nitrogen and oxygen atoms in total. The highest BCUT2D eigenvalue weighted by atomic mass is 35.5. The van der Waals surface area contributed by atoms with Crippen LogP contribution in [0.2, 0.25) is 5.02 Å². The fraction of sp³-hybridized carbons (Fsp3) is 0.176. The number of nitrogens with one attached hydrogen (secondary N) is 2. The van der Waals surface area contributed by atoms with Gasteiger partial charge in [0.15, 0.2) is 5.11 Å². The van der Waals surface area contributed by atoms with Crippen molar-refractivity contribution in [3.05, 3.63) is 58.1 Å². The summed E-state index contributed by atoms with van der Waals surface area (Å²) in [6.07, 6.45) is 0.958. The molecule has 0 saturated heterocycles. The monoisotopic (exact) mass is 361 g/mol. The van der Waals surface area contributed by atoms with E-state index >= 15 is 0 Å². The predicted octanol–water partition coefficient (Wildman–Crippen LogP) is 5.00. The van der Waals surface area contributed by atoms with Crippen LogP contribution in [-0.4, -0.2) is 10.1 Å². The second kappa shape index (κ2) is 7.25. The Morgan fingerprint density at radius 1 is 1.26 bits per heavy atom. The molecule has 0 aliphatic rings. The molecule has 0 spiro atoms. The van der Waals surface area contributed by atoms with E-state index in [4.69, 9.17) is 23.8 Å². The Morgan fingerprint density at radius 2 is 2.09 bits per heavy atom. The van der Waals surface area contributed by atoms with Gasteiger partial charge in [0.05, 0.1) is 15.2 Å². The van der Waals surface area contributed by atoms with E-state index < -0.39 is 0 Å². The van der Waals surface area contributed by atoms with E-state index in [-0.39, 0.29) is 0 Å². The first-order valence-corrected chi connectivity index (χ1v) is 8.93. The number of halogens is 1. The van der Waals surface area contributed by atoms with Crippen LogP contribution in [0.4, 0.5) is 5.69 Å². The van der Waals surface area contributed by atoms with Gasteiger partial charge in [-0.3, -0.25) is 0 Å². The highest BCUT2D eigenvalue weighted by Crippen LogP contribution is 2.25. The lowest BCUT2D eigenvalue weighted by Crippen LogP contribution is -2.27. The number of nitrogens with zero attached hydrogens (tertiary/aromatic N) is 1. The number of aromatic nitrogens is 1. The number of hydrogen-bond acceptors (Lipinski definition) is 3. The van der Waals surface area contributed by atoms with Gasteiger partial charge in [0.25, 0.3) is 0 Å². The summed E-state index contributed by atoms with van der Waals surface area (Å²) in [7, 11) is 0. The third kappa shape index (κ3) is 3.99. The lowest BCUT2D eigenvalue weighted by Gasteiger charge is -2.11. The summed E-state index contributed by atoms with van der Waals surface area (Å²) in [6, 6.07) is 13.8. The summed E-state index contributed by atoms with van der Waals surface area (Å²) >= 11 is 13.2. The summed E-state index contributed by atoms with van der Waals surface area (Å²) in [5, 5.41) is 8.84. The van der Waals surface area contributed by atoms with Gasteiger partial charge in [-0.05, 0) is 48.5 Å². The van der Waals surface area contributed by atoms with Gasteiger partial charge in [-0.1, -0.05) is 36.7 Å². The average Bonchev–Trinajstić information content (AvgIpc) is 2.96. The quantitative estimate of drug-likeness (QED) is 0.641. The molecular formula is C17H16ClN3S2. The maximum absolute atomic E-state index is 6.14. The van der Waals surface area contributed by atoms with E-state index in [0.717, 1.165) is 33.2 Å². The minimum atomic E-state index is 0.574. The van der Waals surface area contributed by atoms with E-state index in [1.54, 1.807) is 11.3 Å². The molecule has 2 N–H and O–H groups in total. The van der Waals surface area contributed by atoms with Crippen molar-refractivity contribution in [2.24, 2.45) is 0 Å².